The molecule has 0 spiro atoms. The van der Waals surface area contributed by atoms with E-state index >= 15 is 0 Å². The first-order valence-electron chi connectivity index (χ1n) is 13.0. The molecule has 5 aromatic rings. The summed E-state index contributed by atoms with van der Waals surface area (Å²) in [5.74, 6) is 1.06. The summed E-state index contributed by atoms with van der Waals surface area (Å²) in [6.45, 7) is 0.124. The second-order valence-electron chi connectivity index (χ2n) is 9.56. The molecule has 7 nitrogen and oxygen atoms in total. The molecule has 0 bridgehead atoms. The van der Waals surface area contributed by atoms with E-state index in [4.69, 9.17) is 4.74 Å². The highest BCUT2D eigenvalue weighted by molar-refractivity contribution is 7.92. The lowest BCUT2D eigenvalue weighted by molar-refractivity contribution is 0.102. The van der Waals surface area contributed by atoms with Crippen LogP contribution in [-0.2, 0) is 23.0 Å². The molecule has 1 aromatic heterocycles. The number of nitrogens with one attached hydrogen (secondary N) is 1. The molecular weight excluding hydrogens is 534 g/mol. The maximum atomic E-state index is 12.8. The standard InChI is InChI=1S/C33H29N3O4S/c1-41(38,39)36(30-15-17-32(18-16-30)40-31-5-3-2-4-6-31)24-27-7-11-28(12-8-27)33(37)35-29-13-9-25(10-14-29)23-26-19-21-34-22-20-26/h2-22H,23-24H2,1H3,(H,35,37). The van der Waals surface area contributed by atoms with E-state index in [1.807, 2.05) is 66.7 Å². The third-order valence-corrected chi connectivity index (χ3v) is 7.56. The summed E-state index contributed by atoms with van der Waals surface area (Å²) in [7, 11) is -3.57. The van der Waals surface area contributed by atoms with Crippen LogP contribution >= 0.6 is 0 Å². The number of aromatic nitrogens is 1. The number of hydrogen-bond donors (Lipinski definition) is 1. The molecule has 0 aliphatic heterocycles. The van der Waals surface area contributed by atoms with Gasteiger partial charge in [-0.3, -0.25) is 14.1 Å². The van der Waals surface area contributed by atoms with E-state index in [-0.39, 0.29) is 12.5 Å². The zero-order chi connectivity index (χ0) is 28.7. The zero-order valence-corrected chi connectivity index (χ0v) is 23.3. The molecule has 1 N–H and O–H groups in total. The number of sulfonamides is 1. The summed E-state index contributed by atoms with van der Waals surface area (Å²) < 4.78 is 32.4. The van der Waals surface area contributed by atoms with Gasteiger partial charge in [-0.2, -0.15) is 0 Å². The van der Waals surface area contributed by atoms with Gasteiger partial charge in [-0.25, -0.2) is 8.42 Å². The molecule has 0 radical (unpaired) electrons. The van der Waals surface area contributed by atoms with Gasteiger partial charge in [0.25, 0.3) is 5.91 Å². The van der Waals surface area contributed by atoms with Crippen molar-refractivity contribution in [2.75, 3.05) is 15.9 Å². The third kappa shape index (κ3) is 7.58. The number of nitrogens with zero attached hydrogens (tertiary/aromatic N) is 2. The number of anilines is 2. The van der Waals surface area contributed by atoms with Gasteiger partial charge in [0, 0.05) is 23.6 Å². The highest BCUT2D eigenvalue weighted by Crippen LogP contribution is 2.27. The van der Waals surface area contributed by atoms with Crippen LogP contribution in [0.3, 0.4) is 0 Å². The monoisotopic (exact) mass is 563 g/mol. The first-order chi connectivity index (χ1) is 19.8. The molecule has 1 amide bonds. The molecule has 0 atom stereocenters. The van der Waals surface area contributed by atoms with Crippen molar-refractivity contribution in [3.63, 3.8) is 0 Å². The predicted octanol–water partition coefficient (Wildman–Crippen LogP) is 6.68. The van der Waals surface area contributed by atoms with Crippen molar-refractivity contribution < 1.29 is 17.9 Å². The Kier molecular flexibility index (Phi) is 8.41. The molecule has 4 aromatic carbocycles. The van der Waals surface area contributed by atoms with Crippen molar-refractivity contribution in [2.45, 2.75) is 13.0 Å². The minimum atomic E-state index is -3.57. The third-order valence-electron chi connectivity index (χ3n) is 6.42. The van der Waals surface area contributed by atoms with Gasteiger partial charge in [0.15, 0.2) is 0 Å². The van der Waals surface area contributed by atoms with Crippen LogP contribution < -0.4 is 14.4 Å². The average molecular weight is 564 g/mol. The Hall–Kier alpha value is -4.95. The summed E-state index contributed by atoms with van der Waals surface area (Å²) in [4.78, 5) is 16.9. The first-order valence-corrected chi connectivity index (χ1v) is 14.9. The Labute approximate surface area is 240 Å². The van der Waals surface area contributed by atoms with Crippen molar-refractivity contribution >= 4 is 27.3 Å². The van der Waals surface area contributed by atoms with Crippen molar-refractivity contribution in [2.24, 2.45) is 0 Å². The number of rotatable bonds is 10. The molecule has 0 saturated heterocycles. The summed E-state index contributed by atoms with van der Waals surface area (Å²) in [5, 5.41) is 2.92. The molecular formula is C33H29N3O4S. The van der Waals surface area contributed by atoms with Gasteiger partial charge in [0.2, 0.25) is 10.0 Å². The summed E-state index contributed by atoms with van der Waals surface area (Å²) in [6, 6.07) is 34.9. The Morgan fingerprint density at radius 1 is 0.732 bits per heavy atom. The minimum absolute atomic E-state index is 0.124. The number of hydrogen-bond acceptors (Lipinski definition) is 5. The Morgan fingerprint density at radius 2 is 1.32 bits per heavy atom. The fourth-order valence-corrected chi connectivity index (χ4v) is 5.17. The molecule has 0 fully saturated rings. The molecule has 41 heavy (non-hydrogen) atoms. The summed E-state index contributed by atoms with van der Waals surface area (Å²) in [6.07, 6.45) is 5.50. The van der Waals surface area contributed by atoms with Crippen molar-refractivity contribution in [3.05, 3.63) is 150 Å². The fourth-order valence-electron chi connectivity index (χ4n) is 4.28. The normalized spacial score (nSPS) is 11.0. The Bertz CT molecular complexity index is 1690. The number of pyridine rings is 1. The fraction of sp³-hybridized carbons (Fsp3) is 0.0909. The molecule has 206 valence electrons. The highest BCUT2D eigenvalue weighted by atomic mass is 32.2. The molecule has 0 saturated carbocycles. The van der Waals surface area contributed by atoms with Gasteiger partial charge >= 0.3 is 0 Å². The van der Waals surface area contributed by atoms with Crippen LogP contribution in [0, 0.1) is 0 Å². The number of amides is 1. The zero-order valence-electron chi connectivity index (χ0n) is 22.5. The molecule has 0 aliphatic rings. The quantitative estimate of drug-likeness (QED) is 0.205. The van der Waals surface area contributed by atoms with E-state index in [1.165, 1.54) is 16.1 Å². The van der Waals surface area contributed by atoms with Gasteiger partial charge in [0.1, 0.15) is 11.5 Å². The SMILES string of the molecule is CS(=O)(=O)N(Cc1ccc(C(=O)Nc2ccc(Cc3ccncc3)cc2)cc1)c1ccc(Oc2ccccc2)cc1. The van der Waals surface area contributed by atoms with Crippen LogP contribution in [0.4, 0.5) is 11.4 Å². The van der Waals surface area contributed by atoms with Crippen LogP contribution in [-0.4, -0.2) is 25.6 Å². The van der Waals surface area contributed by atoms with Crippen LogP contribution in [0.1, 0.15) is 27.0 Å². The number of carbonyl (C=O) groups excluding carboxylic acids is 1. The van der Waals surface area contributed by atoms with E-state index in [0.29, 0.717) is 28.4 Å². The Morgan fingerprint density at radius 3 is 1.95 bits per heavy atom. The molecule has 1 heterocycles. The van der Waals surface area contributed by atoms with Gasteiger partial charge in [-0.15, -0.1) is 0 Å². The lowest BCUT2D eigenvalue weighted by Gasteiger charge is -2.23. The van der Waals surface area contributed by atoms with Gasteiger partial charge in [0.05, 0.1) is 18.5 Å². The molecule has 5 rings (SSSR count). The van der Waals surface area contributed by atoms with Crippen molar-refractivity contribution in [1.29, 1.82) is 0 Å². The van der Waals surface area contributed by atoms with Gasteiger partial charge in [-0.1, -0.05) is 42.5 Å². The predicted molar refractivity (Wildman–Crippen MR) is 162 cm³/mol. The molecule has 0 aliphatic carbocycles. The van der Waals surface area contributed by atoms with Crippen LogP contribution in [0.5, 0.6) is 11.5 Å². The molecule has 0 unspecified atom stereocenters. The van der Waals surface area contributed by atoms with Crippen LogP contribution in [0.15, 0.2) is 128 Å². The van der Waals surface area contributed by atoms with E-state index in [1.54, 1.807) is 60.9 Å². The van der Waals surface area contributed by atoms with Crippen LogP contribution in [0.2, 0.25) is 0 Å². The van der Waals surface area contributed by atoms with E-state index in [9.17, 15) is 13.2 Å². The van der Waals surface area contributed by atoms with Crippen molar-refractivity contribution in [1.82, 2.24) is 4.98 Å². The smallest absolute Gasteiger partial charge is 0.255 e. The maximum Gasteiger partial charge on any atom is 0.255 e. The topological polar surface area (TPSA) is 88.6 Å². The lowest BCUT2D eigenvalue weighted by atomic mass is 10.1. The number of ether oxygens (including phenoxy) is 1. The van der Waals surface area contributed by atoms with Gasteiger partial charge < -0.3 is 10.1 Å². The van der Waals surface area contributed by atoms with E-state index < -0.39 is 10.0 Å². The number of carbonyl (C=O) groups is 1. The number of benzene rings is 4. The second kappa shape index (κ2) is 12.5. The highest BCUT2D eigenvalue weighted by Gasteiger charge is 2.18. The summed E-state index contributed by atoms with van der Waals surface area (Å²) in [5.41, 5.74) is 4.73. The lowest BCUT2D eigenvalue weighted by Crippen LogP contribution is -2.29. The van der Waals surface area contributed by atoms with E-state index in [0.717, 1.165) is 17.5 Å². The minimum Gasteiger partial charge on any atom is -0.457 e. The maximum absolute atomic E-state index is 12.8. The van der Waals surface area contributed by atoms with Gasteiger partial charge in [-0.05, 0) is 95.9 Å². The largest absolute Gasteiger partial charge is 0.457 e. The molecule has 8 heteroatoms. The second-order valence-corrected chi connectivity index (χ2v) is 11.5. The number of para-hydroxylation sites is 1. The Balaban J connectivity index is 1.21. The average Bonchev–Trinajstić information content (AvgIpc) is 2.98. The summed E-state index contributed by atoms with van der Waals surface area (Å²) >= 11 is 0. The van der Waals surface area contributed by atoms with Crippen LogP contribution in [0.25, 0.3) is 0 Å². The first kappa shape index (κ1) is 27.6. The van der Waals surface area contributed by atoms with Crippen molar-refractivity contribution in [3.8, 4) is 11.5 Å². The van der Waals surface area contributed by atoms with E-state index in [2.05, 4.69) is 10.3 Å².